The molecule has 0 saturated carbocycles. The van der Waals surface area contributed by atoms with Crippen molar-refractivity contribution in [1.29, 1.82) is 0 Å². The zero-order chi connectivity index (χ0) is 13.2. The Hall–Kier alpha value is -1.94. The van der Waals surface area contributed by atoms with E-state index < -0.39 is 0 Å². The van der Waals surface area contributed by atoms with E-state index in [9.17, 15) is 0 Å². The Kier molecular flexibility index (Phi) is 3.17. The van der Waals surface area contributed by atoms with Gasteiger partial charge in [-0.15, -0.1) is 0 Å². The highest BCUT2D eigenvalue weighted by Crippen LogP contribution is 2.31. The van der Waals surface area contributed by atoms with Crippen LogP contribution in [0.3, 0.4) is 0 Å². The average molecular weight is 254 g/mol. The first-order valence-electron chi connectivity index (χ1n) is 6.63. The summed E-state index contributed by atoms with van der Waals surface area (Å²) in [7, 11) is 0. The molecule has 1 atom stereocenters. The van der Waals surface area contributed by atoms with Crippen LogP contribution in [-0.2, 0) is 6.42 Å². The molecule has 19 heavy (non-hydrogen) atoms. The minimum absolute atomic E-state index is 0.174. The molecule has 1 aliphatic heterocycles. The van der Waals surface area contributed by atoms with Gasteiger partial charge in [-0.25, -0.2) is 9.97 Å². The number of anilines is 1. The lowest BCUT2D eigenvalue weighted by atomic mass is 9.93. The molecule has 1 aliphatic rings. The molecular formula is C15H18N4. The van der Waals surface area contributed by atoms with Crippen molar-refractivity contribution in [2.24, 2.45) is 5.73 Å². The summed E-state index contributed by atoms with van der Waals surface area (Å²) < 4.78 is 0. The highest BCUT2D eigenvalue weighted by Gasteiger charge is 2.27. The molecule has 2 heterocycles. The van der Waals surface area contributed by atoms with Crippen LogP contribution in [0.4, 0.5) is 5.95 Å². The second-order valence-electron chi connectivity index (χ2n) is 4.95. The Morgan fingerprint density at radius 3 is 2.74 bits per heavy atom. The van der Waals surface area contributed by atoms with Crippen LogP contribution >= 0.6 is 0 Å². The summed E-state index contributed by atoms with van der Waals surface area (Å²) in [5.74, 6) is 0.774. The van der Waals surface area contributed by atoms with Gasteiger partial charge >= 0.3 is 0 Å². The maximum atomic E-state index is 5.98. The zero-order valence-corrected chi connectivity index (χ0v) is 11.1. The number of hydrogen-bond donors (Lipinski definition) is 1. The number of benzene rings is 1. The minimum atomic E-state index is 0.174. The van der Waals surface area contributed by atoms with Gasteiger partial charge in [0.2, 0.25) is 5.95 Å². The van der Waals surface area contributed by atoms with E-state index in [0.29, 0.717) is 6.54 Å². The molecule has 2 aromatic rings. The number of hydrogen-bond acceptors (Lipinski definition) is 4. The molecule has 3 rings (SSSR count). The largest absolute Gasteiger partial charge is 0.332 e. The van der Waals surface area contributed by atoms with Crippen molar-refractivity contribution < 1.29 is 0 Å². The number of aryl methyl sites for hydroxylation is 1. The Labute approximate surface area is 113 Å². The third-order valence-corrected chi connectivity index (χ3v) is 3.66. The minimum Gasteiger partial charge on any atom is -0.332 e. The molecule has 0 radical (unpaired) electrons. The molecule has 4 heteroatoms. The van der Waals surface area contributed by atoms with E-state index in [1.165, 1.54) is 11.1 Å². The van der Waals surface area contributed by atoms with E-state index in [1.807, 2.05) is 19.3 Å². The third-order valence-electron chi connectivity index (χ3n) is 3.66. The van der Waals surface area contributed by atoms with Gasteiger partial charge in [-0.1, -0.05) is 24.3 Å². The second kappa shape index (κ2) is 4.97. The van der Waals surface area contributed by atoms with Crippen LogP contribution in [0.25, 0.3) is 0 Å². The highest BCUT2D eigenvalue weighted by atomic mass is 15.3. The first kappa shape index (κ1) is 12.1. The van der Waals surface area contributed by atoms with Crippen molar-refractivity contribution in [3.63, 3.8) is 0 Å². The monoisotopic (exact) mass is 254 g/mol. The summed E-state index contributed by atoms with van der Waals surface area (Å²) in [6, 6.07) is 8.68. The third kappa shape index (κ3) is 2.19. The fourth-order valence-corrected chi connectivity index (χ4v) is 2.68. The number of nitrogens with two attached hydrogens (primary N) is 1. The van der Waals surface area contributed by atoms with Gasteiger partial charge < -0.3 is 10.6 Å². The molecule has 0 spiro atoms. The van der Waals surface area contributed by atoms with Gasteiger partial charge in [-0.2, -0.15) is 0 Å². The smallest absolute Gasteiger partial charge is 0.225 e. The normalized spacial score (nSPS) is 18.2. The van der Waals surface area contributed by atoms with Crippen molar-refractivity contribution in [3.8, 4) is 0 Å². The van der Waals surface area contributed by atoms with E-state index in [4.69, 9.17) is 5.73 Å². The Morgan fingerprint density at radius 1 is 1.26 bits per heavy atom. The lowest BCUT2D eigenvalue weighted by molar-refractivity contribution is 0.576. The van der Waals surface area contributed by atoms with Gasteiger partial charge in [0, 0.05) is 25.5 Å². The second-order valence-corrected chi connectivity index (χ2v) is 4.95. The van der Waals surface area contributed by atoms with Gasteiger partial charge in [-0.3, -0.25) is 0 Å². The standard InChI is InChI=1S/C15H18N4/c1-11-9-17-15(18-10-11)19-7-6-12-4-2-3-5-13(12)14(19)8-16/h2-5,9-10,14H,6-8,16H2,1H3. The van der Waals surface area contributed by atoms with Crippen molar-refractivity contribution in [3.05, 3.63) is 53.3 Å². The highest BCUT2D eigenvalue weighted by molar-refractivity contribution is 5.44. The number of fused-ring (bicyclic) bond motifs is 1. The molecule has 98 valence electrons. The lowest BCUT2D eigenvalue weighted by Gasteiger charge is -2.36. The maximum Gasteiger partial charge on any atom is 0.225 e. The van der Waals surface area contributed by atoms with E-state index in [0.717, 1.165) is 24.5 Å². The molecule has 0 amide bonds. The zero-order valence-electron chi connectivity index (χ0n) is 11.1. The summed E-state index contributed by atoms with van der Waals surface area (Å²) in [5, 5.41) is 0. The lowest BCUT2D eigenvalue weighted by Crippen LogP contribution is -2.40. The molecule has 2 N–H and O–H groups in total. The van der Waals surface area contributed by atoms with Gasteiger partial charge in [0.1, 0.15) is 0 Å². The van der Waals surface area contributed by atoms with Crippen LogP contribution in [0, 0.1) is 6.92 Å². The molecule has 4 nitrogen and oxygen atoms in total. The summed E-state index contributed by atoms with van der Waals surface area (Å²) in [6.07, 6.45) is 4.73. The Balaban J connectivity index is 1.98. The summed E-state index contributed by atoms with van der Waals surface area (Å²) in [5.41, 5.74) is 9.75. The van der Waals surface area contributed by atoms with Gasteiger partial charge in [0.25, 0.3) is 0 Å². The predicted octanol–water partition coefficient (Wildman–Crippen LogP) is 1.85. The molecule has 0 aliphatic carbocycles. The van der Waals surface area contributed by atoms with Crippen molar-refractivity contribution in [2.75, 3.05) is 18.0 Å². The Bertz CT molecular complexity index is 565. The first-order chi connectivity index (χ1) is 9.29. The van der Waals surface area contributed by atoms with Crippen LogP contribution in [0.2, 0.25) is 0 Å². The number of aromatic nitrogens is 2. The molecule has 1 aromatic carbocycles. The first-order valence-corrected chi connectivity index (χ1v) is 6.63. The van der Waals surface area contributed by atoms with Gasteiger partial charge in [0.15, 0.2) is 0 Å². The van der Waals surface area contributed by atoms with E-state index >= 15 is 0 Å². The summed E-state index contributed by atoms with van der Waals surface area (Å²) in [6.45, 7) is 3.49. The van der Waals surface area contributed by atoms with Crippen LogP contribution < -0.4 is 10.6 Å². The van der Waals surface area contributed by atoms with Crippen LogP contribution in [0.5, 0.6) is 0 Å². The topological polar surface area (TPSA) is 55.0 Å². The van der Waals surface area contributed by atoms with Crippen LogP contribution in [0.15, 0.2) is 36.7 Å². The van der Waals surface area contributed by atoms with Crippen LogP contribution in [0.1, 0.15) is 22.7 Å². The van der Waals surface area contributed by atoms with E-state index in [-0.39, 0.29) is 6.04 Å². The predicted molar refractivity (Wildman–Crippen MR) is 76.1 cm³/mol. The Morgan fingerprint density at radius 2 is 2.00 bits per heavy atom. The maximum absolute atomic E-state index is 5.98. The van der Waals surface area contributed by atoms with Crippen molar-refractivity contribution in [2.45, 2.75) is 19.4 Å². The fraction of sp³-hybridized carbons (Fsp3) is 0.333. The molecule has 0 bridgehead atoms. The van der Waals surface area contributed by atoms with Gasteiger partial charge in [-0.05, 0) is 30.0 Å². The van der Waals surface area contributed by atoms with Crippen LogP contribution in [-0.4, -0.2) is 23.1 Å². The molecule has 0 fully saturated rings. The van der Waals surface area contributed by atoms with E-state index in [2.05, 4.69) is 39.1 Å². The number of nitrogens with zero attached hydrogens (tertiary/aromatic N) is 3. The van der Waals surface area contributed by atoms with Gasteiger partial charge in [0.05, 0.1) is 6.04 Å². The molecule has 1 unspecified atom stereocenters. The summed E-state index contributed by atoms with van der Waals surface area (Å²) in [4.78, 5) is 11.1. The van der Waals surface area contributed by atoms with E-state index in [1.54, 1.807) is 0 Å². The molecule has 1 aromatic heterocycles. The SMILES string of the molecule is Cc1cnc(N2CCc3ccccc3C2CN)nc1. The average Bonchev–Trinajstić information content (AvgIpc) is 2.47. The fourth-order valence-electron chi connectivity index (χ4n) is 2.68. The van der Waals surface area contributed by atoms with Crippen molar-refractivity contribution >= 4 is 5.95 Å². The number of rotatable bonds is 2. The quantitative estimate of drug-likeness (QED) is 0.888. The molecule has 0 saturated heterocycles. The molecular weight excluding hydrogens is 236 g/mol. The summed E-state index contributed by atoms with van der Waals surface area (Å²) >= 11 is 0. The van der Waals surface area contributed by atoms with Crippen molar-refractivity contribution in [1.82, 2.24) is 9.97 Å².